The molecule has 1 unspecified atom stereocenters. The number of aldehydes is 1. The molecule has 2 rings (SSSR count). The fraction of sp³-hybridized carbons (Fsp3) is 0.417. The lowest BCUT2D eigenvalue weighted by atomic mass is 9.95. The van der Waals surface area contributed by atoms with Gasteiger partial charge in [-0.2, -0.15) is 0 Å². The summed E-state index contributed by atoms with van der Waals surface area (Å²) < 4.78 is 5.58. The van der Waals surface area contributed by atoms with Crippen LogP contribution >= 0.6 is 11.6 Å². The van der Waals surface area contributed by atoms with E-state index in [0.29, 0.717) is 6.42 Å². The van der Waals surface area contributed by atoms with E-state index in [0.717, 1.165) is 41.2 Å². The minimum Gasteiger partial charge on any atom is -0.493 e. The fourth-order valence-corrected chi connectivity index (χ4v) is 2.18. The Morgan fingerprint density at radius 1 is 1.60 bits per heavy atom. The molecule has 0 N–H and O–H groups in total. The number of ether oxygens (including phenoxy) is 1. The van der Waals surface area contributed by atoms with Gasteiger partial charge in [0.1, 0.15) is 12.0 Å². The second kappa shape index (κ2) is 4.23. The van der Waals surface area contributed by atoms with Gasteiger partial charge >= 0.3 is 0 Å². The second-order valence-corrected chi connectivity index (χ2v) is 4.32. The van der Waals surface area contributed by atoms with E-state index in [2.05, 4.69) is 0 Å². The Kier molecular flexibility index (Phi) is 2.96. The molecule has 0 aromatic heterocycles. The maximum Gasteiger partial charge on any atom is 0.126 e. The molecule has 0 bridgehead atoms. The molecule has 3 heteroatoms. The molecule has 1 aromatic rings. The Morgan fingerprint density at radius 3 is 3.13 bits per heavy atom. The molecule has 15 heavy (non-hydrogen) atoms. The van der Waals surface area contributed by atoms with Crippen molar-refractivity contribution in [2.24, 2.45) is 0 Å². The number of fused-ring (bicyclic) bond motifs is 1. The summed E-state index contributed by atoms with van der Waals surface area (Å²) in [5.41, 5.74) is 2.22. The van der Waals surface area contributed by atoms with E-state index in [1.807, 2.05) is 19.1 Å². The fourth-order valence-electron chi connectivity index (χ4n) is 1.94. The third-order valence-electron chi connectivity index (χ3n) is 2.76. The summed E-state index contributed by atoms with van der Waals surface area (Å²) in [7, 11) is 0. The average molecular weight is 225 g/mol. The average Bonchev–Trinajstić information content (AvgIpc) is 2.64. The number of carbonyl (C=O) groups is 1. The summed E-state index contributed by atoms with van der Waals surface area (Å²) in [5.74, 6) is 1.11. The predicted octanol–water partition coefficient (Wildman–Crippen LogP) is 2.97. The standard InChI is InChI=1S/C12H13ClO2/c1-8(2-4-14)11-7-10(13)6-9-3-5-15-12(9)11/h4,6-8H,2-3,5H2,1H3. The summed E-state index contributed by atoms with van der Waals surface area (Å²) in [5, 5.41) is 0.729. The zero-order chi connectivity index (χ0) is 10.8. The van der Waals surface area contributed by atoms with Crippen LogP contribution in [0.5, 0.6) is 5.75 Å². The zero-order valence-corrected chi connectivity index (χ0v) is 9.38. The van der Waals surface area contributed by atoms with E-state index in [9.17, 15) is 4.79 Å². The number of rotatable bonds is 3. The van der Waals surface area contributed by atoms with E-state index in [1.165, 1.54) is 0 Å². The Labute approximate surface area is 94.2 Å². The summed E-state index contributed by atoms with van der Waals surface area (Å²) in [6.07, 6.45) is 2.36. The van der Waals surface area contributed by atoms with Gasteiger partial charge in [0.15, 0.2) is 0 Å². The topological polar surface area (TPSA) is 26.3 Å². The third kappa shape index (κ3) is 2.00. The van der Waals surface area contributed by atoms with Gasteiger partial charge in [-0.1, -0.05) is 18.5 Å². The highest BCUT2D eigenvalue weighted by Gasteiger charge is 2.20. The minimum atomic E-state index is 0.174. The molecule has 0 aliphatic carbocycles. The lowest BCUT2D eigenvalue weighted by Gasteiger charge is -2.13. The number of hydrogen-bond donors (Lipinski definition) is 0. The van der Waals surface area contributed by atoms with Crippen molar-refractivity contribution >= 4 is 17.9 Å². The van der Waals surface area contributed by atoms with Gasteiger partial charge in [0.25, 0.3) is 0 Å². The first-order valence-corrected chi connectivity index (χ1v) is 5.49. The van der Waals surface area contributed by atoms with Crippen LogP contribution in [0, 0.1) is 0 Å². The Morgan fingerprint density at radius 2 is 2.40 bits per heavy atom. The molecule has 0 fully saturated rings. The van der Waals surface area contributed by atoms with Gasteiger partial charge in [0, 0.05) is 17.9 Å². The van der Waals surface area contributed by atoms with Crippen molar-refractivity contribution in [2.75, 3.05) is 6.61 Å². The van der Waals surface area contributed by atoms with Crippen molar-refractivity contribution in [1.82, 2.24) is 0 Å². The SMILES string of the molecule is CC(CC=O)c1cc(Cl)cc2c1OCC2. The molecule has 1 atom stereocenters. The van der Waals surface area contributed by atoms with Crippen molar-refractivity contribution in [2.45, 2.75) is 25.7 Å². The van der Waals surface area contributed by atoms with Crippen LogP contribution in [0.2, 0.25) is 5.02 Å². The van der Waals surface area contributed by atoms with Crippen LogP contribution in [-0.4, -0.2) is 12.9 Å². The molecule has 80 valence electrons. The highest BCUT2D eigenvalue weighted by atomic mass is 35.5. The molecule has 1 aliphatic rings. The first-order valence-electron chi connectivity index (χ1n) is 5.11. The van der Waals surface area contributed by atoms with Gasteiger partial charge in [-0.3, -0.25) is 0 Å². The summed E-state index contributed by atoms with van der Waals surface area (Å²) >= 11 is 6.03. The third-order valence-corrected chi connectivity index (χ3v) is 2.98. The van der Waals surface area contributed by atoms with Gasteiger partial charge in [0.05, 0.1) is 6.61 Å². The summed E-state index contributed by atoms with van der Waals surface area (Å²) in [4.78, 5) is 10.5. The van der Waals surface area contributed by atoms with Gasteiger partial charge in [0.2, 0.25) is 0 Å². The van der Waals surface area contributed by atoms with Crippen molar-refractivity contribution in [3.63, 3.8) is 0 Å². The summed E-state index contributed by atoms with van der Waals surface area (Å²) in [6.45, 7) is 2.73. The highest BCUT2D eigenvalue weighted by Crippen LogP contribution is 2.37. The predicted molar refractivity (Wildman–Crippen MR) is 59.7 cm³/mol. The highest BCUT2D eigenvalue weighted by molar-refractivity contribution is 6.30. The Balaban J connectivity index is 2.41. The molecular formula is C12H13ClO2. The largest absolute Gasteiger partial charge is 0.493 e. The van der Waals surface area contributed by atoms with Crippen molar-refractivity contribution in [3.8, 4) is 5.75 Å². The number of halogens is 1. The zero-order valence-electron chi connectivity index (χ0n) is 8.63. The van der Waals surface area contributed by atoms with E-state index in [-0.39, 0.29) is 5.92 Å². The van der Waals surface area contributed by atoms with Crippen molar-refractivity contribution in [1.29, 1.82) is 0 Å². The van der Waals surface area contributed by atoms with Crippen LogP contribution in [0.3, 0.4) is 0 Å². The van der Waals surface area contributed by atoms with E-state index in [4.69, 9.17) is 16.3 Å². The van der Waals surface area contributed by atoms with Crippen LogP contribution in [0.15, 0.2) is 12.1 Å². The summed E-state index contributed by atoms with van der Waals surface area (Å²) in [6, 6.07) is 3.85. The molecule has 1 heterocycles. The quantitative estimate of drug-likeness (QED) is 0.738. The first kappa shape index (κ1) is 10.5. The van der Waals surface area contributed by atoms with Gasteiger partial charge in [-0.25, -0.2) is 0 Å². The van der Waals surface area contributed by atoms with Crippen LogP contribution < -0.4 is 4.74 Å². The van der Waals surface area contributed by atoms with E-state index in [1.54, 1.807) is 0 Å². The van der Waals surface area contributed by atoms with Gasteiger partial charge in [-0.15, -0.1) is 0 Å². The molecule has 0 amide bonds. The van der Waals surface area contributed by atoms with Crippen LogP contribution in [0.4, 0.5) is 0 Å². The molecule has 0 saturated heterocycles. The van der Waals surface area contributed by atoms with E-state index < -0.39 is 0 Å². The Bertz CT molecular complexity index is 387. The Hall–Kier alpha value is -1.02. The van der Waals surface area contributed by atoms with Gasteiger partial charge in [-0.05, 0) is 29.2 Å². The lowest BCUT2D eigenvalue weighted by Crippen LogP contribution is -1.98. The number of carbonyl (C=O) groups excluding carboxylic acids is 1. The van der Waals surface area contributed by atoms with Crippen LogP contribution in [0.1, 0.15) is 30.4 Å². The molecule has 0 saturated carbocycles. The maximum atomic E-state index is 10.5. The lowest BCUT2D eigenvalue weighted by molar-refractivity contribution is -0.108. The normalized spacial score (nSPS) is 15.6. The van der Waals surface area contributed by atoms with Crippen molar-refractivity contribution < 1.29 is 9.53 Å². The molecular weight excluding hydrogens is 212 g/mol. The molecule has 0 radical (unpaired) electrons. The molecule has 1 aliphatic heterocycles. The monoisotopic (exact) mass is 224 g/mol. The first-order chi connectivity index (χ1) is 7.22. The number of hydrogen-bond acceptors (Lipinski definition) is 2. The molecule has 2 nitrogen and oxygen atoms in total. The minimum absolute atomic E-state index is 0.174. The van der Waals surface area contributed by atoms with Gasteiger partial charge < -0.3 is 9.53 Å². The molecule has 0 spiro atoms. The van der Waals surface area contributed by atoms with E-state index >= 15 is 0 Å². The maximum absolute atomic E-state index is 10.5. The van der Waals surface area contributed by atoms with Crippen molar-refractivity contribution in [3.05, 3.63) is 28.3 Å². The number of benzene rings is 1. The van der Waals surface area contributed by atoms with Crippen LogP contribution in [-0.2, 0) is 11.2 Å². The molecule has 1 aromatic carbocycles. The smallest absolute Gasteiger partial charge is 0.126 e. The second-order valence-electron chi connectivity index (χ2n) is 3.89. The van der Waals surface area contributed by atoms with Crippen LogP contribution in [0.25, 0.3) is 0 Å².